The van der Waals surface area contributed by atoms with Gasteiger partial charge in [0.25, 0.3) is 5.89 Å². The summed E-state index contributed by atoms with van der Waals surface area (Å²) in [7, 11) is 2.06. The van der Waals surface area contributed by atoms with Gasteiger partial charge in [0.2, 0.25) is 5.89 Å². The first-order valence-corrected chi connectivity index (χ1v) is 10.4. The van der Waals surface area contributed by atoms with E-state index in [4.69, 9.17) is 4.42 Å². The van der Waals surface area contributed by atoms with Gasteiger partial charge in [-0.05, 0) is 56.2 Å². The quantitative estimate of drug-likeness (QED) is 0.672. The number of benzene rings is 1. The Kier molecular flexibility index (Phi) is 7.19. The average molecular weight is 402 g/mol. The van der Waals surface area contributed by atoms with Crippen molar-refractivity contribution in [1.29, 1.82) is 0 Å². The SMILES string of the molecule is CC1=CC(CN(C)CCO)C(C(C)C)CC1Cc1nnc(-c2ccccc2F)o1. The van der Waals surface area contributed by atoms with Crippen molar-refractivity contribution in [3.63, 3.8) is 0 Å². The molecule has 6 heteroatoms. The molecule has 3 unspecified atom stereocenters. The fourth-order valence-electron chi connectivity index (χ4n) is 4.40. The lowest BCUT2D eigenvalue weighted by Crippen LogP contribution is -2.36. The van der Waals surface area contributed by atoms with Crippen molar-refractivity contribution in [3.8, 4) is 11.5 Å². The number of hydrogen-bond acceptors (Lipinski definition) is 5. The molecule has 5 nitrogen and oxygen atoms in total. The molecular formula is C23H32FN3O2. The third-order valence-corrected chi connectivity index (χ3v) is 6.08. The lowest BCUT2D eigenvalue weighted by molar-refractivity contribution is 0.156. The van der Waals surface area contributed by atoms with Gasteiger partial charge in [-0.15, -0.1) is 10.2 Å². The highest BCUT2D eigenvalue weighted by atomic mass is 19.1. The Hall–Kier alpha value is -2.05. The van der Waals surface area contributed by atoms with Gasteiger partial charge in [-0.1, -0.05) is 37.6 Å². The molecule has 1 heterocycles. The van der Waals surface area contributed by atoms with E-state index in [0.717, 1.165) is 13.0 Å². The number of aliphatic hydroxyl groups excluding tert-OH is 1. The molecule has 0 spiro atoms. The number of likely N-dealkylation sites (N-methyl/N-ethyl adjacent to an activating group) is 1. The van der Waals surface area contributed by atoms with Crippen molar-refractivity contribution in [1.82, 2.24) is 15.1 Å². The number of aromatic nitrogens is 2. The van der Waals surface area contributed by atoms with Crippen molar-refractivity contribution in [2.24, 2.45) is 23.7 Å². The molecule has 0 amide bonds. The average Bonchev–Trinajstić information content (AvgIpc) is 3.12. The van der Waals surface area contributed by atoms with Gasteiger partial charge in [-0.3, -0.25) is 0 Å². The Morgan fingerprint density at radius 3 is 2.72 bits per heavy atom. The lowest BCUT2D eigenvalue weighted by atomic mass is 9.69. The highest BCUT2D eigenvalue weighted by Gasteiger charge is 2.33. The number of allylic oxidation sites excluding steroid dienone is 1. The Balaban J connectivity index is 1.74. The van der Waals surface area contributed by atoms with Gasteiger partial charge < -0.3 is 14.4 Å². The fourth-order valence-corrected chi connectivity index (χ4v) is 4.40. The molecule has 1 aromatic carbocycles. The lowest BCUT2D eigenvalue weighted by Gasteiger charge is -2.38. The Morgan fingerprint density at radius 1 is 1.28 bits per heavy atom. The standard InChI is InChI=1S/C23H32FN3O2/c1-15(2)20-12-17(16(3)11-18(20)14-27(4)9-10-28)13-22-25-26-23(29-22)19-7-5-6-8-21(19)24/h5-8,11,15,17-18,20,28H,9-10,12-14H2,1-4H3. The minimum atomic E-state index is -0.355. The van der Waals surface area contributed by atoms with Crippen LogP contribution in [-0.2, 0) is 6.42 Å². The number of rotatable bonds is 8. The summed E-state index contributed by atoms with van der Waals surface area (Å²) in [5.74, 6) is 2.37. The van der Waals surface area contributed by atoms with Crippen LogP contribution in [-0.4, -0.2) is 46.9 Å². The molecule has 1 aliphatic rings. The van der Waals surface area contributed by atoms with E-state index in [1.165, 1.54) is 11.6 Å². The maximum Gasteiger partial charge on any atom is 0.250 e. The van der Waals surface area contributed by atoms with Crippen molar-refractivity contribution in [2.45, 2.75) is 33.6 Å². The Morgan fingerprint density at radius 2 is 2.03 bits per heavy atom. The second kappa shape index (κ2) is 9.63. The van der Waals surface area contributed by atoms with Gasteiger partial charge in [0, 0.05) is 19.5 Å². The predicted octanol–water partition coefficient (Wildman–Crippen LogP) is 4.20. The molecule has 0 bridgehead atoms. The van der Waals surface area contributed by atoms with Crippen LogP contribution in [0, 0.1) is 29.5 Å². The van der Waals surface area contributed by atoms with Crippen LogP contribution in [0.25, 0.3) is 11.5 Å². The minimum absolute atomic E-state index is 0.183. The highest BCUT2D eigenvalue weighted by molar-refractivity contribution is 5.53. The van der Waals surface area contributed by atoms with Crippen LogP contribution in [0.1, 0.15) is 33.1 Å². The summed E-state index contributed by atoms with van der Waals surface area (Å²) >= 11 is 0. The van der Waals surface area contributed by atoms with Gasteiger partial charge >= 0.3 is 0 Å². The first-order valence-electron chi connectivity index (χ1n) is 10.4. The summed E-state index contributed by atoms with van der Waals surface area (Å²) in [5.41, 5.74) is 1.68. The summed E-state index contributed by atoms with van der Waals surface area (Å²) in [5, 5.41) is 17.4. The molecule has 0 saturated carbocycles. The molecule has 3 atom stereocenters. The van der Waals surface area contributed by atoms with Gasteiger partial charge in [-0.2, -0.15) is 0 Å². The zero-order valence-corrected chi connectivity index (χ0v) is 17.8. The van der Waals surface area contributed by atoms with Crippen molar-refractivity contribution in [2.75, 3.05) is 26.7 Å². The molecule has 1 aromatic heterocycles. The molecule has 2 aromatic rings. The van der Waals surface area contributed by atoms with Gasteiger partial charge in [0.05, 0.1) is 12.2 Å². The van der Waals surface area contributed by atoms with Crippen LogP contribution in [0.2, 0.25) is 0 Å². The van der Waals surface area contributed by atoms with Crippen LogP contribution in [0.3, 0.4) is 0 Å². The molecule has 1 N–H and O–H groups in total. The molecule has 3 rings (SSSR count). The topological polar surface area (TPSA) is 62.4 Å². The Labute approximate surface area is 172 Å². The molecule has 0 radical (unpaired) electrons. The number of halogens is 1. The van der Waals surface area contributed by atoms with E-state index < -0.39 is 0 Å². The number of hydrogen-bond donors (Lipinski definition) is 1. The van der Waals surface area contributed by atoms with Gasteiger partial charge in [-0.25, -0.2) is 4.39 Å². The molecule has 0 fully saturated rings. The zero-order valence-electron chi connectivity index (χ0n) is 17.8. The van der Waals surface area contributed by atoms with Crippen LogP contribution >= 0.6 is 0 Å². The van der Waals surface area contributed by atoms with E-state index in [1.807, 2.05) is 0 Å². The summed E-state index contributed by atoms with van der Waals surface area (Å²) in [6.45, 7) is 8.55. The smallest absolute Gasteiger partial charge is 0.250 e. The van der Waals surface area contributed by atoms with E-state index in [0.29, 0.717) is 48.1 Å². The van der Waals surface area contributed by atoms with Crippen molar-refractivity contribution in [3.05, 3.63) is 47.6 Å². The van der Waals surface area contributed by atoms with Crippen LogP contribution in [0.4, 0.5) is 4.39 Å². The minimum Gasteiger partial charge on any atom is -0.421 e. The second-order valence-electron chi connectivity index (χ2n) is 8.59. The van der Waals surface area contributed by atoms with E-state index in [2.05, 4.69) is 49.0 Å². The fraction of sp³-hybridized carbons (Fsp3) is 0.565. The maximum absolute atomic E-state index is 14.0. The monoisotopic (exact) mass is 401 g/mol. The van der Waals surface area contributed by atoms with E-state index in [1.54, 1.807) is 18.2 Å². The molecule has 29 heavy (non-hydrogen) atoms. The number of aliphatic hydroxyl groups is 1. The molecule has 0 aliphatic heterocycles. The summed E-state index contributed by atoms with van der Waals surface area (Å²) in [6.07, 6.45) is 4.13. The van der Waals surface area contributed by atoms with Crippen molar-refractivity contribution >= 4 is 0 Å². The molecule has 0 saturated heterocycles. The van der Waals surface area contributed by atoms with Crippen LogP contribution in [0.5, 0.6) is 0 Å². The molecular weight excluding hydrogens is 369 g/mol. The van der Waals surface area contributed by atoms with Gasteiger partial charge in [0.1, 0.15) is 5.82 Å². The first-order chi connectivity index (χ1) is 13.9. The van der Waals surface area contributed by atoms with Crippen LogP contribution in [0.15, 0.2) is 40.3 Å². The summed E-state index contributed by atoms with van der Waals surface area (Å²) in [4.78, 5) is 2.20. The second-order valence-corrected chi connectivity index (χ2v) is 8.59. The number of nitrogens with zero attached hydrogens (tertiary/aromatic N) is 3. The molecule has 158 valence electrons. The summed E-state index contributed by atoms with van der Waals surface area (Å²) < 4.78 is 19.8. The Bertz CT molecular complexity index is 833. The molecule has 1 aliphatic carbocycles. The van der Waals surface area contributed by atoms with Crippen LogP contribution < -0.4 is 0 Å². The predicted molar refractivity (Wildman–Crippen MR) is 112 cm³/mol. The highest BCUT2D eigenvalue weighted by Crippen LogP contribution is 2.39. The largest absolute Gasteiger partial charge is 0.421 e. The van der Waals surface area contributed by atoms with E-state index >= 15 is 0 Å². The normalized spacial score (nSPS) is 22.3. The third-order valence-electron chi connectivity index (χ3n) is 6.08. The first kappa shape index (κ1) is 21.7. The van der Waals surface area contributed by atoms with E-state index in [-0.39, 0.29) is 18.3 Å². The summed E-state index contributed by atoms with van der Waals surface area (Å²) in [6, 6.07) is 6.46. The van der Waals surface area contributed by atoms with Gasteiger partial charge in [0.15, 0.2) is 0 Å². The zero-order chi connectivity index (χ0) is 21.0. The maximum atomic E-state index is 14.0. The van der Waals surface area contributed by atoms with Crippen molar-refractivity contribution < 1.29 is 13.9 Å². The third kappa shape index (κ3) is 5.31. The van der Waals surface area contributed by atoms with E-state index in [9.17, 15) is 9.50 Å².